The molecule has 0 bridgehead atoms. The van der Waals surface area contributed by atoms with Gasteiger partial charge in [-0.2, -0.15) is 0 Å². The summed E-state index contributed by atoms with van der Waals surface area (Å²) in [6.07, 6.45) is 4.83. The molecule has 0 aliphatic heterocycles. The van der Waals surface area contributed by atoms with Crippen LogP contribution in [0.1, 0.15) is 38.7 Å². The lowest BCUT2D eigenvalue weighted by molar-refractivity contribution is 0.338. The van der Waals surface area contributed by atoms with Crippen LogP contribution in [0.2, 0.25) is 0 Å². The molecule has 0 atom stereocenters. The van der Waals surface area contributed by atoms with E-state index in [4.69, 9.17) is 4.74 Å². The molecule has 0 radical (unpaired) electrons. The van der Waals surface area contributed by atoms with Crippen molar-refractivity contribution in [3.05, 3.63) is 28.2 Å². The Bertz CT molecular complexity index is 341. The van der Waals surface area contributed by atoms with Crippen molar-refractivity contribution in [2.75, 3.05) is 19.7 Å². The van der Waals surface area contributed by atoms with Gasteiger partial charge in [-0.05, 0) is 79.3 Å². The number of aryl methyl sites for hydroxylation is 1. The van der Waals surface area contributed by atoms with Crippen LogP contribution in [-0.2, 0) is 6.42 Å². The second-order valence-corrected chi connectivity index (χ2v) is 5.26. The van der Waals surface area contributed by atoms with E-state index >= 15 is 0 Å². The fourth-order valence-electron chi connectivity index (χ4n) is 1.85. The average Bonchev–Trinajstić information content (AvgIpc) is 2.37. The summed E-state index contributed by atoms with van der Waals surface area (Å²) in [4.78, 5) is 0. The Morgan fingerprint density at radius 2 is 2.00 bits per heavy atom. The van der Waals surface area contributed by atoms with E-state index in [0.29, 0.717) is 6.61 Å². The second-order valence-electron chi connectivity index (χ2n) is 4.40. The zero-order valence-electron chi connectivity index (χ0n) is 11.5. The standard InChI is InChI=1S/C15H24BrNO/c1-3-10-17-11-6-5-7-13-8-9-15(18-4-2)14(16)12-13/h8-9,12,17H,3-7,10-11H2,1-2H3. The smallest absolute Gasteiger partial charge is 0.133 e. The van der Waals surface area contributed by atoms with Crippen molar-refractivity contribution >= 4 is 15.9 Å². The minimum Gasteiger partial charge on any atom is -0.493 e. The first-order valence-corrected chi connectivity index (χ1v) is 7.69. The lowest BCUT2D eigenvalue weighted by Gasteiger charge is -2.08. The van der Waals surface area contributed by atoms with Gasteiger partial charge in [0.15, 0.2) is 0 Å². The van der Waals surface area contributed by atoms with Crippen LogP contribution in [0.3, 0.4) is 0 Å². The number of rotatable bonds is 9. The summed E-state index contributed by atoms with van der Waals surface area (Å²) in [5, 5.41) is 3.43. The quantitative estimate of drug-likeness (QED) is 0.691. The third-order valence-electron chi connectivity index (χ3n) is 2.79. The van der Waals surface area contributed by atoms with Crippen LogP contribution in [0, 0.1) is 0 Å². The first-order chi connectivity index (χ1) is 8.77. The summed E-state index contributed by atoms with van der Waals surface area (Å²) in [7, 11) is 0. The van der Waals surface area contributed by atoms with E-state index in [1.165, 1.54) is 24.8 Å². The van der Waals surface area contributed by atoms with E-state index in [2.05, 4.69) is 46.4 Å². The monoisotopic (exact) mass is 313 g/mol. The summed E-state index contributed by atoms with van der Waals surface area (Å²) in [6.45, 7) is 7.18. The van der Waals surface area contributed by atoms with Crippen molar-refractivity contribution in [1.29, 1.82) is 0 Å². The Kier molecular flexibility index (Phi) is 8.10. The van der Waals surface area contributed by atoms with E-state index in [0.717, 1.165) is 29.7 Å². The van der Waals surface area contributed by atoms with Gasteiger partial charge in [0.05, 0.1) is 11.1 Å². The highest BCUT2D eigenvalue weighted by Crippen LogP contribution is 2.26. The Balaban J connectivity index is 2.28. The van der Waals surface area contributed by atoms with Gasteiger partial charge in [-0.25, -0.2) is 0 Å². The van der Waals surface area contributed by atoms with Crippen LogP contribution in [0.15, 0.2) is 22.7 Å². The zero-order valence-corrected chi connectivity index (χ0v) is 13.1. The molecule has 0 amide bonds. The van der Waals surface area contributed by atoms with Crippen LogP contribution < -0.4 is 10.1 Å². The largest absolute Gasteiger partial charge is 0.493 e. The van der Waals surface area contributed by atoms with Gasteiger partial charge in [0.2, 0.25) is 0 Å². The third-order valence-corrected chi connectivity index (χ3v) is 3.41. The molecule has 0 fully saturated rings. The van der Waals surface area contributed by atoms with Gasteiger partial charge in [0, 0.05) is 0 Å². The molecule has 18 heavy (non-hydrogen) atoms. The van der Waals surface area contributed by atoms with Gasteiger partial charge in [-0.15, -0.1) is 0 Å². The number of hydrogen-bond acceptors (Lipinski definition) is 2. The van der Waals surface area contributed by atoms with Gasteiger partial charge in [0.25, 0.3) is 0 Å². The summed E-state index contributed by atoms with van der Waals surface area (Å²) in [6, 6.07) is 6.39. The molecule has 2 nitrogen and oxygen atoms in total. The molecule has 1 N–H and O–H groups in total. The van der Waals surface area contributed by atoms with Crippen LogP contribution >= 0.6 is 15.9 Å². The Morgan fingerprint density at radius 1 is 1.17 bits per heavy atom. The van der Waals surface area contributed by atoms with Crippen LogP contribution in [-0.4, -0.2) is 19.7 Å². The number of nitrogens with one attached hydrogen (secondary N) is 1. The maximum Gasteiger partial charge on any atom is 0.133 e. The number of ether oxygens (including phenoxy) is 1. The lowest BCUT2D eigenvalue weighted by atomic mass is 10.1. The number of hydrogen-bond donors (Lipinski definition) is 1. The lowest BCUT2D eigenvalue weighted by Crippen LogP contribution is -2.15. The topological polar surface area (TPSA) is 21.3 Å². The van der Waals surface area contributed by atoms with Crippen molar-refractivity contribution in [2.24, 2.45) is 0 Å². The van der Waals surface area contributed by atoms with Crippen molar-refractivity contribution in [2.45, 2.75) is 39.5 Å². The molecular formula is C15H24BrNO. The molecule has 0 saturated carbocycles. The van der Waals surface area contributed by atoms with Gasteiger partial charge >= 0.3 is 0 Å². The van der Waals surface area contributed by atoms with E-state index in [1.807, 2.05) is 6.92 Å². The van der Waals surface area contributed by atoms with Crippen LogP contribution in [0.5, 0.6) is 5.75 Å². The highest BCUT2D eigenvalue weighted by molar-refractivity contribution is 9.10. The Labute approximate surface area is 119 Å². The number of unbranched alkanes of at least 4 members (excludes halogenated alkanes) is 1. The molecular weight excluding hydrogens is 290 g/mol. The molecule has 0 aliphatic rings. The molecule has 0 spiro atoms. The fraction of sp³-hybridized carbons (Fsp3) is 0.600. The number of halogens is 1. The van der Waals surface area contributed by atoms with Crippen LogP contribution in [0.25, 0.3) is 0 Å². The molecule has 0 aliphatic carbocycles. The van der Waals surface area contributed by atoms with E-state index < -0.39 is 0 Å². The summed E-state index contributed by atoms with van der Waals surface area (Å²) in [5.41, 5.74) is 1.38. The summed E-state index contributed by atoms with van der Waals surface area (Å²) < 4.78 is 6.57. The van der Waals surface area contributed by atoms with Crippen molar-refractivity contribution in [3.63, 3.8) is 0 Å². The van der Waals surface area contributed by atoms with Crippen molar-refractivity contribution < 1.29 is 4.74 Å². The second kappa shape index (κ2) is 9.40. The van der Waals surface area contributed by atoms with Gasteiger partial charge in [-0.1, -0.05) is 13.0 Å². The molecule has 1 aromatic carbocycles. The molecule has 1 aromatic rings. The SMILES string of the molecule is CCCNCCCCc1ccc(OCC)c(Br)c1. The molecule has 0 unspecified atom stereocenters. The molecule has 0 aromatic heterocycles. The Hall–Kier alpha value is -0.540. The first kappa shape index (κ1) is 15.5. The zero-order chi connectivity index (χ0) is 13.2. The minimum atomic E-state index is 0.709. The average molecular weight is 314 g/mol. The highest BCUT2D eigenvalue weighted by Gasteiger charge is 2.02. The predicted octanol–water partition coefficient (Wildman–Crippen LogP) is 4.17. The minimum absolute atomic E-state index is 0.709. The maximum atomic E-state index is 5.50. The molecule has 3 heteroatoms. The predicted molar refractivity (Wildman–Crippen MR) is 81.4 cm³/mol. The Morgan fingerprint density at radius 3 is 2.67 bits per heavy atom. The molecule has 0 heterocycles. The summed E-state index contributed by atoms with van der Waals surface area (Å²) >= 11 is 3.55. The molecule has 102 valence electrons. The first-order valence-electron chi connectivity index (χ1n) is 6.89. The van der Waals surface area contributed by atoms with Crippen molar-refractivity contribution in [3.8, 4) is 5.75 Å². The van der Waals surface area contributed by atoms with Gasteiger partial charge in [0.1, 0.15) is 5.75 Å². The number of benzene rings is 1. The fourth-order valence-corrected chi connectivity index (χ4v) is 2.39. The summed E-state index contributed by atoms with van der Waals surface area (Å²) in [5.74, 6) is 0.936. The van der Waals surface area contributed by atoms with Gasteiger partial charge < -0.3 is 10.1 Å². The third kappa shape index (κ3) is 5.87. The molecule has 0 saturated heterocycles. The molecule has 1 rings (SSSR count). The van der Waals surface area contributed by atoms with Crippen molar-refractivity contribution in [1.82, 2.24) is 5.32 Å². The van der Waals surface area contributed by atoms with E-state index in [-0.39, 0.29) is 0 Å². The maximum absolute atomic E-state index is 5.50. The van der Waals surface area contributed by atoms with E-state index in [1.54, 1.807) is 0 Å². The normalized spacial score (nSPS) is 10.6. The highest BCUT2D eigenvalue weighted by atomic mass is 79.9. The van der Waals surface area contributed by atoms with E-state index in [9.17, 15) is 0 Å². The van der Waals surface area contributed by atoms with Gasteiger partial charge in [-0.3, -0.25) is 0 Å². The van der Waals surface area contributed by atoms with Crippen LogP contribution in [0.4, 0.5) is 0 Å².